The minimum absolute atomic E-state index is 0.0336. The normalized spacial score (nSPS) is 38.5. The van der Waals surface area contributed by atoms with Gasteiger partial charge in [0.2, 0.25) is 0 Å². The fraction of sp³-hybridized carbons (Fsp3) is 0.950. The predicted molar refractivity (Wildman–Crippen MR) is 103 cm³/mol. The zero-order valence-electron chi connectivity index (χ0n) is 17.5. The summed E-state index contributed by atoms with van der Waals surface area (Å²) in [5.74, 6) is -0.0336. The van der Waals surface area contributed by atoms with Gasteiger partial charge in [0, 0.05) is 25.9 Å². The van der Waals surface area contributed by atoms with Crippen molar-refractivity contribution in [2.24, 2.45) is 0 Å². The zero-order valence-corrected chi connectivity index (χ0v) is 17.5. The highest BCUT2D eigenvalue weighted by Gasteiger charge is 2.41. The predicted octanol–water partition coefficient (Wildman–Crippen LogP) is 1.32. The van der Waals surface area contributed by atoms with Crippen molar-refractivity contribution >= 4 is 5.97 Å². The van der Waals surface area contributed by atoms with Crippen LogP contribution < -0.4 is 0 Å². The summed E-state index contributed by atoms with van der Waals surface area (Å²) in [4.78, 5) is 17.9. The van der Waals surface area contributed by atoms with Crippen LogP contribution in [0, 0.1) is 0 Å². The Morgan fingerprint density at radius 2 is 1.42 bits per heavy atom. The van der Waals surface area contributed by atoms with Gasteiger partial charge < -0.3 is 13.7 Å². The second kappa shape index (κ2) is 7.74. The van der Waals surface area contributed by atoms with Crippen molar-refractivity contribution in [3.8, 4) is 0 Å². The molecule has 3 fully saturated rings. The summed E-state index contributed by atoms with van der Waals surface area (Å²) in [5.41, 5.74) is -0.396. The van der Waals surface area contributed by atoms with Gasteiger partial charge in [-0.05, 0) is 27.7 Å². The molecule has 0 aromatic heterocycles. The molecule has 3 rings (SSSR count). The Labute approximate surface area is 159 Å². The number of hydrogen-bond donors (Lipinski definition) is 0. The van der Waals surface area contributed by atoms with E-state index in [-0.39, 0.29) is 5.97 Å². The Morgan fingerprint density at radius 1 is 0.885 bits per heavy atom. The molecule has 3 saturated heterocycles. The molecule has 0 N–H and O–H groups in total. The molecule has 3 aliphatic rings. The van der Waals surface area contributed by atoms with Crippen LogP contribution in [0.3, 0.4) is 0 Å². The van der Waals surface area contributed by atoms with E-state index in [1.165, 1.54) is 56.7 Å². The van der Waals surface area contributed by atoms with Crippen LogP contribution in [0.2, 0.25) is 0 Å². The van der Waals surface area contributed by atoms with Gasteiger partial charge in [-0.25, -0.2) is 4.79 Å². The van der Waals surface area contributed by atoms with Gasteiger partial charge in [0.15, 0.2) is 6.54 Å². The van der Waals surface area contributed by atoms with E-state index in [0.29, 0.717) is 6.54 Å². The van der Waals surface area contributed by atoms with E-state index in [2.05, 4.69) is 16.7 Å². The number of nitrogens with zero attached hydrogens (tertiary/aromatic N) is 4. The van der Waals surface area contributed by atoms with Crippen LogP contribution in [0.5, 0.6) is 0 Å². The lowest BCUT2D eigenvalue weighted by atomic mass is 10.1. The summed E-state index contributed by atoms with van der Waals surface area (Å²) in [5, 5.41) is 0. The minimum atomic E-state index is -0.396. The summed E-state index contributed by atoms with van der Waals surface area (Å²) < 4.78 is 7.82. The third-order valence-electron chi connectivity index (χ3n) is 6.55. The molecule has 26 heavy (non-hydrogen) atoms. The molecule has 0 aliphatic carbocycles. The van der Waals surface area contributed by atoms with Crippen LogP contribution in [-0.4, -0.2) is 109 Å². The lowest BCUT2D eigenvalue weighted by Crippen LogP contribution is -2.68. The highest BCUT2D eigenvalue weighted by Crippen LogP contribution is 2.23. The molecule has 0 amide bonds. The molecule has 3 aliphatic heterocycles. The monoisotopic (exact) mass is 368 g/mol. The van der Waals surface area contributed by atoms with Gasteiger partial charge in [-0.2, -0.15) is 0 Å². The fourth-order valence-electron chi connectivity index (χ4n) is 5.10. The van der Waals surface area contributed by atoms with Crippen LogP contribution >= 0.6 is 0 Å². The first-order chi connectivity index (χ1) is 12.2. The van der Waals surface area contributed by atoms with Crippen molar-refractivity contribution in [1.29, 1.82) is 0 Å². The maximum atomic E-state index is 12.6. The van der Waals surface area contributed by atoms with Crippen LogP contribution in [0.4, 0.5) is 0 Å². The molecular formula is C20H40N4O2+2. The van der Waals surface area contributed by atoms with Crippen molar-refractivity contribution in [3.05, 3.63) is 0 Å². The minimum Gasteiger partial charge on any atom is -0.456 e. The molecule has 4 atom stereocenters. The van der Waals surface area contributed by atoms with Crippen LogP contribution in [0.15, 0.2) is 0 Å². The second-order valence-electron chi connectivity index (χ2n) is 9.86. The average Bonchev–Trinajstić information content (AvgIpc) is 2.57. The number of rotatable bonds is 3. The quantitative estimate of drug-likeness (QED) is 0.556. The number of quaternary nitrogens is 2. The summed E-state index contributed by atoms with van der Waals surface area (Å²) in [6.07, 6.45) is 2.49. The Bertz CT molecular complexity index is 507. The largest absolute Gasteiger partial charge is 0.456 e. The van der Waals surface area contributed by atoms with E-state index >= 15 is 0 Å². The Morgan fingerprint density at radius 3 is 2.00 bits per heavy atom. The summed E-state index contributed by atoms with van der Waals surface area (Å²) >= 11 is 0. The van der Waals surface area contributed by atoms with Gasteiger partial charge in [-0.15, -0.1) is 0 Å². The van der Waals surface area contributed by atoms with Gasteiger partial charge in [0.25, 0.3) is 0 Å². The zero-order chi connectivity index (χ0) is 18.8. The van der Waals surface area contributed by atoms with E-state index < -0.39 is 5.60 Å². The highest BCUT2D eigenvalue weighted by atomic mass is 16.6. The number of carbonyl (C=O) groups is 1. The van der Waals surface area contributed by atoms with Crippen LogP contribution in [0.1, 0.15) is 40.5 Å². The third kappa shape index (κ3) is 4.97. The lowest BCUT2D eigenvalue weighted by Gasteiger charge is -2.51. The average molecular weight is 369 g/mol. The Balaban J connectivity index is 1.73. The van der Waals surface area contributed by atoms with Crippen molar-refractivity contribution in [1.82, 2.24) is 9.80 Å². The smallest absolute Gasteiger partial charge is 0.362 e. The summed E-state index contributed by atoms with van der Waals surface area (Å²) in [7, 11) is 0. The number of ether oxygens (including phenoxy) is 1. The van der Waals surface area contributed by atoms with Gasteiger partial charge in [-0.3, -0.25) is 9.80 Å². The van der Waals surface area contributed by atoms with E-state index in [4.69, 9.17) is 4.74 Å². The number of hydrogen-bond acceptors (Lipinski definition) is 4. The molecule has 150 valence electrons. The SMILES string of the molecule is CC[N+]12CCCN(CC[N+]3(CC(=O)OC(C)(C)C)CCCN(CC1)C3)C2. The summed E-state index contributed by atoms with van der Waals surface area (Å²) in [6.45, 7) is 21.6. The van der Waals surface area contributed by atoms with Gasteiger partial charge in [0.05, 0.1) is 45.8 Å². The molecule has 0 aromatic rings. The molecule has 0 aromatic carbocycles. The molecule has 0 spiro atoms. The first kappa shape index (κ1) is 20.1. The maximum absolute atomic E-state index is 12.6. The molecule has 6 heteroatoms. The molecule has 4 unspecified atom stereocenters. The summed E-state index contributed by atoms with van der Waals surface area (Å²) in [6, 6.07) is 0. The van der Waals surface area contributed by atoms with Gasteiger partial charge in [-0.1, -0.05) is 0 Å². The van der Waals surface area contributed by atoms with Crippen molar-refractivity contribution < 1.29 is 18.5 Å². The third-order valence-corrected chi connectivity index (χ3v) is 6.55. The fourth-order valence-corrected chi connectivity index (χ4v) is 5.10. The first-order valence-corrected chi connectivity index (χ1v) is 10.6. The van der Waals surface area contributed by atoms with Crippen molar-refractivity contribution in [2.75, 3.05) is 78.8 Å². The maximum Gasteiger partial charge on any atom is 0.362 e. The van der Waals surface area contributed by atoms with E-state index in [1.807, 2.05) is 20.8 Å². The standard InChI is InChI=1S/C20H40N4O2/c1-5-23-12-6-8-21(17-23)11-15-24(16-19(25)26-20(2,3)4)13-7-9-22(18-24)10-14-23/h5-18H2,1-4H3/q+2. The number of esters is 1. The molecule has 0 saturated carbocycles. The van der Waals surface area contributed by atoms with E-state index in [9.17, 15) is 4.79 Å². The highest BCUT2D eigenvalue weighted by molar-refractivity contribution is 5.71. The lowest BCUT2D eigenvalue weighted by molar-refractivity contribution is -0.955. The van der Waals surface area contributed by atoms with Crippen LogP contribution in [0.25, 0.3) is 0 Å². The molecule has 3 heterocycles. The van der Waals surface area contributed by atoms with Gasteiger partial charge >= 0.3 is 5.97 Å². The number of carbonyl (C=O) groups excluding carboxylic acids is 1. The van der Waals surface area contributed by atoms with Crippen molar-refractivity contribution in [2.45, 2.75) is 46.1 Å². The Hall–Kier alpha value is -0.690. The molecule has 0 radical (unpaired) electrons. The molecular weight excluding hydrogens is 328 g/mol. The first-order valence-electron chi connectivity index (χ1n) is 10.6. The molecule has 4 bridgehead atoms. The van der Waals surface area contributed by atoms with E-state index in [1.54, 1.807) is 0 Å². The van der Waals surface area contributed by atoms with Crippen LogP contribution in [-0.2, 0) is 9.53 Å². The number of fused-ring (bicyclic) bond motifs is 4. The second-order valence-corrected chi connectivity index (χ2v) is 9.86. The van der Waals surface area contributed by atoms with Crippen molar-refractivity contribution in [3.63, 3.8) is 0 Å². The Kier molecular flexibility index (Phi) is 5.97. The molecule has 6 nitrogen and oxygen atoms in total. The topological polar surface area (TPSA) is 32.8 Å². The van der Waals surface area contributed by atoms with E-state index in [0.717, 1.165) is 37.3 Å². The number of likely N-dealkylation sites (N-methyl/N-ethyl adjacent to an activating group) is 1. The van der Waals surface area contributed by atoms with Gasteiger partial charge in [0.1, 0.15) is 18.9 Å².